The molecule has 0 spiro atoms. The van der Waals surface area contributed by atoms with Crippen molar-refractivity contribution >= 4 is 11.9 Å². The predicted molar refractivity (Wildman–Crippen MR) is 60.4 cm³/mol. The van der Waals surface area contributed by atoms with Gasteiger partial charge in [-0.05, 0) is 31.6 Å². The summed E-state index contributed by atoms with van der Waals surface area (Å²) in [6.07, 6.45) is 3.85. The van der Waals surface area contributed by atoms with Crippen LogP contribution in [-0.4, -0.2) is 35.9 Å². The monoisotopic (exact) mass is 244 g/mol. The first-order valence-corrected chi connectivity index (χ1v) is 6.02. The number of rotatable bonds is 6. The SMILES string of the molecule is COC(=O)C(CCCO)(C(=O)O)C1CCCC1. The molecule has 1 unspecified atom stereocenters. The molecule has 0 saturated heterocycles. The fourth-order valence-electron chi connectivity index (χ4n) is 2.80. The van der Waals surface area contributed by atoms with Crippen LogP contribution in [0.4, 0.5) is 0 Å². The van der Waals surface area contributed by atoms with E-state index in [2.05, 4.69) is 4.74 Å². The number of carbonyl (C=O) groups is 2. The van der Waals surface area contributed by atoms with Crippen molar-refractivity contribution in [3.8, 4) is 0 Å². The van der Waals surface area contributed by atoms with Crippen molar-refractivity contribution in [3.63, 3.8) is 0 Å². The summed E-state index contributed by atoms with van der Waals surface area (Å²) in [5.74, 6) is -1.96. The minimum Gasteiger partial charge on any atom is -0.480 e. The van der Waals surface area contributed by atoms with Crippen LogP contribution >= 0.6 is 0 Å². The Morgan fingerprint density at radius 3 is 2.35 bits per heavy atom. The minimum atomic E-state index is -1.46. The Morgan fingerprint density at radius 2 is 1.94 bits per heavy atom. The number of carbonyl (C=O) groups excluding carboxylic acids is 1. The number of esters is 1. The maximum Gasteiger partial charge on any atom is 0.323 e. The number of ether oxygens (including phenoxy) is 1. The fourth-order valence-corrected chi connectivity index (χ4v) is 2.80. The van der Waals surface area contributed by atoms with Crippen molar-refractivity contribution in [2.45, 2.75) is 38.5 Å². The second-order valence-electron chi connectivity index (χ2n) is 4.58. The number of methoxy groups -OCH3 is 1. The first kappa shape index (κ1) is 14.0. The lowest BCUT2D eigenvalue weighted by Crippen LogP contribution is -2.46. The molecule has 1 aliphatic carbocycles. The summed E-state index contributed by atoms with van der Waals surface area (Å²) in [6, 6.07) is 0. The van der Waals surface area contributed by atoms with Crippen LogP contribution in [0.5, 0.6) is 0 Å². The first-order valence-electron chi connectivity index (χ1n) is 6.02. The highest BCUT2D eigenvalue weighted by atomic mass is 16.5. The van der Waals surface area contributed by atoms with E-state index in [1.54, 1.807) is 0 Å². The molecular weight excluding hydrogens is 224 g/mol. The fraction of sp³-hybridized carbons (Fsp3) is 0.833. The molecule has 1 saturated carbocycles. The van der Waals surface area contributed by atoms with Crippen LogP contribution in [0.2, 0.25) is 0 Å². The molecule has 0 aromatic carbocycles. The standard InChI is InChI=1S/C12H20O5/c1-17-11(16)12(10(14)15,7-4-8-13)9-5-2-3-6-9/h9,13H,2-8H2,1H3,(H,14,15). The molecule has 2 N–H and O–H groups in total. The van der Waals surface area contributed by atoms with Gasteiger partial charge in [0.05, 0.1) is 7.11 Å². The molecule has 5 heteroatoms. The van der Waals surface area contributed by atoms with E-state index in [1.807, 2.05) is 0 Å². The van der Waals surface area contributed by atoms with Crippen LogP contribution < -0.4 is 0 Å². The number of hydrogen-bond donors (Lipinski definition) is 2. The van der Waals surface area contributed by atoms with Crippen molar-refractivity contribution in [3.05, 3.63) is 0 Å². The van der Waals surface area contributed by atoms with Crippen molar-refractivity contribution in [1.82, 2.24) is 0 Å². The van der Waals surface area contributed by atoms with Gasteiger partial charge in [-0.1, -0.05) is 12.8 Å². The quantitative estimate of drug-likeness (QED) is 0.541. The van der Waals surface area contributed by atoms with Gasteiger partial charge >= 0.3 is 11.9 Å². The molecule has 0 amide bonds. The van der Waals surface area contributed by atoms with E-state index in [0.29, 0.717) is 6.42 Å². The maximum atomic E-state index is 11.9. The normalized spacial score (nSPS) is 19.9. The van der Waals surface area contributed by atoms with E-state index in [0.717, 1.165) is 25.7 Å². The summed E-state index contributed by atoms with van der Waals surface area (Å²) in [4.78, 5) is 23.4. The summed E-state index contributed by atoms with van der Waals surface area (Å²) in [7, 11) is 1.22. The minimum absolute atomic E-state index is 0.112. The zero-order chi connectivity index (χ0) is 12.9. The Labute approximate surface area is 101 Å². The Balaban J connectivity index is 3.00. The molecule has 0 aliphatic heterocycles. The summed E-state index contributed by atoms with van der Waals surface area (Å²) in [5.41, 5.74) is -1.46. The second kappa shape index (κ2) is 6.00. The topological polar surface area (TPSA) is 83.8 Å². The number of carboxylic acids is 1. The average Bonchev–Trinajstić information content (AvgIpc) is 2.83. The molecular formula is C12H20O5. The Kier molecular flexibility index (Phi) is 4.93. The molecule has 17 heavy (non-hydrogen) atoms. The lowest BCUT2D eigenvalue weighted by atomic mass is 9.71. The van der Waals surface area contributed by atoms with Gasteiger partial charge in [0.1, 0.15) is 0 Å². The highest BCUT2D eigenvalue weighted by Crippen LogP contribution is 2.44. The molecule has 0 radical (unpaired) electrons. The second-order valence-corrected chi connectivity index (χ2v) is 4.58. The van der Waals surface area contributed by atoms with E-state index in [-0.39, 0.29) is 18.9 Å². The zero-order valence-electron chi connectivity index (χ0n) is 10.1. The third-order valence-corrected chi connectivity index (χ3v) is 3.71. The molecule has 1 fully saturated rings. The lowest BCUT2D eigenvalue weighted by molar-refractivity contribution is -0.172. The molecule has 0 heterocycles. The van der Waals surface area contributed by atoms with E-state index in [4.69, 9.17) is 5.11 Å². The molecule has 0 bridgehead atoms. The third kappa shape index (κ3) is 2.60. The van der Waals surface area contributed by atoms with Gasteiger partial charge in [0, 0.05) is 6.61 Å². The highest BCUT2D eigenvalue weighted by molar-refractivity contribution is 5.99. The van der Waals surface area contributed by atoms with Gasteiger partial charge in [-0.3, -0.25) is 9.59 Å². The molecule has 1 atom stereocenters. The van der Waals surface area contributed by atoms with Crippen molar-refractivity contribution in [2.24, 2.45) is 11.3 Å². The van der Waals surface area contributed by atoms with Gasteiger partial charge in [-0.25, -0.2) is 0 Å². The van der Waals surface area contributed by atoms with Crippen LogP contribution in [-0.2, 0) is 14.3 Å². The van der Waals surface area contributed by atoms with Crippen LogP contribution in [0, 0.1) is 11.3 Å². The molecule has 98 valence electrons. The first-order chi connectivity index (χ1) is 8.09. The van der Waals surface area contributed by atoms with E-state index in [1.165, 1.54) is 7.11 Å². The maximum absolute atomic E-state index is 11.9. The molecule has 0 aromatic rings. The van der Waals surface area contributed by atoms with Crippen LogP contribution in [0.1, 0.15) is 38.5 Å². The summed E-state index contributed by atoms with van der Waals surface area (Å²) >= 11 is 0. The number of aliphatic hydroxyl groups is 1. The molecule has 0 aromatic heterocycles. The Bertz CT molecular complexity index is 283. The Morgan fingerprint density at radius 1 is 1.35 bits per heavy atom. The van der Waals surface area contributed by atoms with Crippen molar-refractivity contribution in [1.29, 1.82) is 0 Å². The number of carboxylic acid groups (broad SMARTS) is 1. The molecule has 1 rings (SSSR count). The summed E-state index contributed by atoms with van der Waals surface area (Å²) in [6.45, 7) is -0.112. The van der Waals surface area contributed by atoms with Crippen LogP contribution in [0.3, 0.4) is 0 Å². The highest BCUT2D eigenvalue weighted by Gasteiger charge is 2.53. The van der Waals surface area contributed by atoms with E-state index >= 15 is 0 Å². The van der Waals surface area contributed by atoms with Crippen molar-refractivity contribution in [2.75, 3.05) is 13.7 Å². The molecule has 5 nitrogen and oxygen atoms in total. The summed E-state index contributed by atoms with van der Waals surface area (Å²) < 4.78 is 4.69. The van der Waals surface area contributed by atoms with E-state index < -0.39 is 17.4 Å². The number of hydrogen-bond acceptors (Lipinski definition) is 4. The van der Waals surface area contributed by atoms with Crippen LogP contribution in [0.15, 0.2) is 0 Å². The van der Waals surface area contributed by atoms with Crippen LogP contribution in [0.25, 0.3) is 0 Å². The Hall–Kier alpha value is -1.10. The number of aliphatic carboxylic acids is 1. The zero-order valence-corrected chi connectivity index (χ0v) is 10.1. The average molecular weight is 244 g/mol. The summed E-state index contributed by atoms with van der Waals surface area (Å²) in [5, 5.41) is 18.3. The third-order valence-electron chi connectivity index (χ3n) is 3.71. The van der Waals surface area contributed by atoms with Gasteiger partial charge in [0.15, 0.2) is 5.41 Å². The van der Waals surface area contributed by atoms with E-state index in [9.17, 15) is 14.7 Å². The van der Waals surface area contributed by atoms with Gasteiger partial charge in [0.2, 0.25) is 0 Å². The van der Waals surface area contributed by atoms with Gasteiger partial charge in [0.25, 0.3) is 0 Å². The van der Waals surface area contributed by atoms with Gasteiger partial charge < -0.3 is 14.9 Å². The predicted octanol–water partition coefficient (Wildman–Crippen LogP) is 1.19. The lowest BCUT2D eigenvalue weighted by Gasteiger charge is -2.32. The largest absolute Gasteiger partial charge is 0.480 e. The van der Waals surface area contributed by atoms with Gasteiger partial charge in [-0.15, -0.1) is 0 Å². The smallest absolute Gasteiger partial charge is 0.323 e. The van der Waals surface area contributed by atoms with Gasteiger partial charge in [-0.2, -0.15) is 0 Å². The number of aliphatic hydroxyl groups excluding tert-OH is 1. The molecule has 1 aliphatic rings. The van der Waals surface area contributed by atoms with Crippen molar-refractivity contribution < 1.29 is 24.5 Å².